The summed E-state index contributed by atoms with van der Waals surface area (Å²) in [7, 11) is 0. The van der Waals surface area contributed by atoms with E-state index >= 15 is 0 Å². The van der Waals surface area contributed by atoms with E-state index in [0.717, 1.165) is 19.3 Å². The van der Waals surface area contributed by atoms with Crippen molar-refractivity contribution in [3.63, 3.8) is 0 Å². The minimum absolute atomic E-state index is 0.156. The molecule has 0 N–H and O–H groups in total. The highest BCUT2D eigenvalue weighted by Crippen LogP contribution is 2.33. The Bertz CT molecular complexity index is 971. The molecule has 3 heteroatoms. The Kier molecular flexibility index (Phi) is 6.56. The second-order valence-electron chi connectivity index (χ2n) is 7.17. The molecular formula is C25H25F3. The van der Waals surface area contributed by atoms with Crippen LogP contribution >= 0.6 is 0 Å². The summed E-state index contributed by atoms with van der Waals surface area (Å²) >= 11 is 0. The van der Waals surface area contributed by atoms with Crippen LogP contribution in [-0.4, -0.2) is 0 Å². The minimum Gasteiger partial charge on any atom is -0.206 e. The van der Waals surface area contributed by atoms with E-state index in [2.05, 4.69) is 13.5 Å². The van der Waals surface area contributed by atoms with E-state index in [1.54, 1.807) is 30.3 Å². The van der Waals surface area contributed by atoms with Crippen LogP contribution in [-0.2, 0) is 12.8 Å². The number of benzene rings is 3. The van der Waals surface area contributed by atoms with Gasteiger partial charge in [-0.3, -0.25) is 0 Å². The molecule has 0 saturated heterocycles. The van der Waals surface area contributed by atoms with Crippen molar-refractivity contribution < 1.29 is 13.2 Å². The number of halogens is 3. The first-order chi connectivity index (χ1) is 13.6. The van der Waals surface area contributed by atoms with Gasteiger partial charge in [-0.2, -0.15) is 0 Å². The van der Waals surface area contributed by atoms with Gasteiger partial charge in [-0.1, -0.05) is 62.2 Å². The molecule has 0 atom stereocenters. The van der Waals surface area contributed by atoms with Crippen LogP contribution < -0.4 is 0 Å². The largest absolute Gasteiger partial charge is 0.206 e. The van der Waals surface area contributed by atoms with E-state index in [1.165, 1.54) is 18.1 Å². The van der Waals surface area contributed by atoms with E-state index in [4.69, 9.17) is 0 Å². The molecule has 28 heavy (non-hydrogen) atoms. The zero-order chi connectivity index (χ0) is 20.1. The van der Waals surface area contributed by atoms with Crippen molar-refractivity contribution in [2.24, 2.45) is 0 Å². The van der Waals surface area contributed by atoms with Crippen LogP contribution in [0.3, 0.4) is 0 Å². The highest BCUT2D eigenvalue weighted by molar-refractivity contribution is 5.89. The predicted molar refractivity (Wildman–Crippen MR) is 111 cm³/mol. The number of unbranched alkanes of at least 4 members (excludes halogenated alkanes) is 2. The zero-order valence-electron chi connectivity index (χ0n) is 16.2. The van der Waals surface area contributed by atoms with Crippen molar-refractivity contribution in [3.05, 3.63) is 83.7 Å². The summed E-state index contributed by atoms with van der Waals surface area (Å²) < 4.78 is 44.3. The van der Waals surface area contributed by atoms with Crippen LogP contribution in [0.2, 0.25) is 0 Å². The van der Waals surface area contributed by atoms with Crippen LogP contribution in [0.15, 0.2) is 55.1 Å². The van der Waals surface area contributed by atoms with E-state index < -0.39 is 17.5 Å². The number of fused-ring (bicyclic) bond motifs is 1. The predicted octanol–water partition coefficient (Wildman–Crippen LogP) is 7.78. The summed E-state index contributed by atoms with van der Waals surface area (Å²) in [4.78, 5) is 0. The second-order valence-corrected chi connectivity index (χ2v) is 7.17. The fourth-order valence-corrected chi connectivity index (χ4v) is 3.52. The van der Waals surface area contributed by atoms with Gasteiger partial charge in [-0.25, -0.2) is 13.2 Å². The Morgan fingerprint density at radius 3 is 2.29 bits per heavy atom. The van der Waals surface area contributed by atoms with Crippen LogP contribution in [0, 0.1) is 17.5 Å². The number of hydrogen-bond donors (Lipinski definition) is 0. The highest BCUT2D eigenvalue weighted by Gasteiger charge is 2.19. The van der Waals surface area contributed by atoms with Gasteiger partial charge in [0.05, 0.1) is 5.39 Å². The van der Waals surface area contributed by atoms with E-state index in [9.17, 15) is 13.2 Å². The van der Waals surface area contributed by atoms with Crippen molar-refractivity contribution in [2.75, 3.05) is 0 Å². The van der Waals surface area contributed by atoms with E-state index in [1.807, 2.05) is 12.1 Å². The monoisotopic (exact) mass is 382 g/mol. The van der Waals surface area contributed by atoms with Gasteiger partial charge in [0, 0.05) is 5.56 Å². The number of rotatable bonds is 8. The molecule has 3 aromatic carbocycles. The van der Waals surface area contributed by atoms with Crippen molar-refractivity contribution in [3.8, 4) is 11.1 Å². The number of aryl methyl sites for hydroxylation is 2. The van der Waals surface area contributed by atoms with Gasteiger partial charge in [0.2, 0.25) is 0 Å². The average Bonchev–Trinajstić information content (AvgIpc) is 2.71. The van der Waals surface area contributed by atoms with Gasteiger partial charge in [0.1, 0.15) is 5.82 Å². The van der Waals surface area contributed by atoms with Crippen molar-refractivity contribution >= 4 is 10.8 Å². The van der Waals surface area contributed by atoms with Crippen LogP contribution in [0.1, 0.15) is 43.7 Å². The molecule has 0 radical (unpaired) electrons. The number of allylic oxidation sites excluding steroid dienone is 1. The lowest BCUT2D eigenvalue weighted by molar-refractivity contribution is 0.513. The van der Waals surface area contributed by atoms with Gasteiger partial charge in [0.15, 0.2) is 11.6 Å². The quantitative estimate of drug-likeness (QED) is 0.276. The summed E-state index contributed by atoms with van der Waals surface area (Å²) in [5, 5.41) is 0.0831. The molecule has 0 nitrogen and oxygen atoms in total. The molecule has 0 bridgehead atoms. The van der Waals surface area contributed by atoms with E-state index in [-0.39, 0.29) is 10.9 Å². The third kappa shape index (κ3) is 4.14. The SMILES string of the molecule is C=CCCc1ccc2cc(-c3ccc(CCCCC)cc3)c(F)c(F)c2c1F. The summed E-state index contributed by atoms with van der Waals surface area (Å²) in [5.41, 5.74) is 2.30. The molecule has 0 fully saturated rings. The molecule has 0 spiro atoms. The normalized spacial score (nSPS) is 11.1. The maximum Gasteiger partial charge on any atom is 0.170 e. The summed E-state index contributed by atoms with van der Waals surface area (Å²) in [5.74, 6) is -2.82. The molecule has 0 aromatic heterocycles. The first-order valence-corrected chi connectivity index (χ1v) is 9.86. The topological polar surface area (TPSA) is 0 Å². The van der Waals surface area contributed by atoms with Gasteiger partial charge in [-0.05, 0) is 53.8 Å². The van der Waals surface area contributed by atoms with Crippen LogP contribution in [0.25, 0.3) is 21.9 Å². The highest BCUT2D eigenvalue weighted by atomic mass is 19.2. The number of hydrogen-bond acceptors (Lipinski definition) is 0. The second kappa shape index (κ2) is 9.09. The Balaban J connectivity index is 1.98. The molecule has 146 valence electrons. The summed E-state index contributed by atoms with van der Waals surface area (Å²) in [6, 6.07) is 12.3. The zero-order valence-corrected chi connectivity index (χ0v) is 16.2. The third-order valence-electron chi connectivity index (χ3n) is 5.15. The lowest BCUT2D eigenvalue weighted by Crippen LogP contribution is -1.98. The minimum atomic E-state index is -1.13. The van der Waals surface area contributed by atoms with Crippen LogP contribution in [0.5, 0.6) is 0 Å². The lowest BCUT2D eigenvalue weighted by Gasteiger charge is -2.12. The molecule has 0 aliphatic rings. The maximum atomic E-state index is 14.8. The molecule has 0 saturated carbocycles. The Labute approximate surface area is 164 Å². The fraction of sp³-hybridized carbons (Fsp3) is 0.280. The lowest BCUT2D eigenvalue weighted by atomic mass is 9.96. The molecule has 3 rings (SSSR count). The Morgan fingerprint density at radius 2 is 1.61 bits per heavy atom. The van der Waals surface area contributed by atoms with Crippen molar-refractivity contribution in [2.45, 2.75) is 45.4 Å². The van der Waals surface area contributed by atoms with Gasteiger partial charge in [0.25, 0.3) is 0 Å². The summed E-state index contributed by atoms with van der Waals surface area (Å²) in [6.07, 6.45) is 7.08. The Hall–Kier alpha value is -2.55. The molecule has 0 unspecified atom stereocenters. The molecule has 0 amide bonds. The first-order valence-electron chi connectivity index (χ1n) is 9.86. The maximum absolute atomic E-state index is 14.8. The van der Waals surface area contributed by atoms with Gasteiger partial charge < -0.3 is 0 Å². The smallest absolute Gasteiger partial charge is 0.170 e. The molecule has 3 aromatic rings. The third-order valence-corrected chi connectivity index (χ3v) is 5.15. The van der Waals surface area contributed by atoms with E-state index in [0.29, 0.717) is 29.4 Å². The molecule has 0 aliphatic heterocycles. The Morgan fingerprint density at radius 1 is 0.857 bits per heavy atom. The molecule has 0 aliphatic carbocycles. The standard InChI is InChI=1S/C25H25F3/c1-3-5-7-8-17-10-12-18(13-11-17)21-16-20-15-14-19(9-6-4-2)23(26)22(20)25(28)24(21)27/h4,10-16H,2-3,5-9H2,1H3. The average molecular weight is 382 g/mol. The molecular weight excluding hydrogens is 357 g/mol. The van der Waals surface area contributed by atoms with Gasteiger partial charge in [-0.15, -0.1) is 6.58 Å². The van der Waals surface area contributed by atoms with Gasteiger partial charge >= 0.3 is 0 Å². The van der Waals surface area contributed by atoms with Crippen molar-refractivity contribution in [1.82, 2.24) is 0 Å². The van der Waals surface area contributed by atoms with Crippen molar-refractivity contribution in [1.29, 1.82) is 0 Å². The van der Waals surface area contributed by atoms with Crippen LogP contribution in [0.4, 0.5) is 13.2 Å². The fourth-order valence-electron chi connectivity index (χ4n) is 3.52. The molecule has 0 heterocycles. The first kappa shape index (κ1) is 20.2. The summed E-state index contributed by atoms with van der Waals surface area (Å²) in [6.45, 7) is 5.77.